The Morgan fingerprint density at radius 3 is 2.82 bits per heavy atom. The third kappa shape index (κ3) is 7.77. The maximum Gasteiger partial charge on any atom is 0.330 e. The molecule has 0 unspecified atom stereocenters. The van der Waals surface area contributed by atoms with Crippen LogP contribution in [0.25, 0.3) is 0 Å². The van der Waals surface area contributed by atoms with Gasteiger partial charge in [0.15, 0.2) is 0 Å². The lowest BCUT2D eigenvalue weighted by molar-refractivity contribution is 0.0255. The SMILES string of the molecule is C[C@@H](NS(=O)(=O)CCCOCn1cc(F)c(=O)[nH]c1=O)c1cccc(OC2CCOCC2)c1. The highest BCUT2D eigenvalue weighted by Crippen LogP contribution is 2.23. The van der Waals surface area contributed by atoms with Crippen LogP contribution in [-0.2, 0) is 26.2 Å². The maximum absolute atomic E-state index is 13.2. The van der Waals surface area contributed by atoms with Gasteiger partial charge in [0, 0.05) is 25.5 Å². The molecule has 1 saturated heterocycles. The summed E-state index contributed by atoms with van der Waals surface area (Å²) in [6.07, 6.45) is 2.63. The van der Waals surface area contributed by atoms with Gasteiger partial charge in [-0.2, -0.15) is 4.39 Å². The summed E-state index contributed by atoms with van der Waals surface area (Å²) in [5.41, 5.74) is -1.14. The van der Waals surface area contributed by atoms with Crippen LogP contribution in [0.2, 0.25) is 0 Å². The van der Waals surface area contributed by atoms with Crippen molar-refractivity contribution >= 4 is 10.0 Å². The molecule has 0 spiro atoms. The number of hydrogen-bond acceptors (Lipinski definition) is 7. The van der Waals surface area contributed by atoms with Crippen LogP contribution in [0.1, 0.15) is 37.8 Å². The van der Waals surface area contributed by atoms with Crippen molar-refractivity contribution < 1.29 is 27.0 Å². The Kier molecular flexibility index (Phi) is 8.78. The highest BCUT2D eigenvalue weighted by molar-refractivity contribution is 7.89. The van der Waals surface area contributed by atoms with Crippen molar-refractivity contribution in [2.45, 2.75) is 45.1 Å². The van der Waals surface area contributed by atoms with Crippen LogP contribution in [0.3, 0.4) is 0 Å². The molecule has 2 N–H and O–H groups in total. The van der Waals surface area contributed by atoms with Gasteiger partial charge in [-0.15, -0.1) is 0 Å². The molecule has 1 aliphatic rings. The molecule has 2 heterocycles. The Balaban J connectivity index is 1.45. The van der Waals surface area contributed by atoms with E-state index >= 15 is 0 Å². The molecule has 1 aromatic heterocycles. The molecule has 3 rings (SSSR count). The first-order chi connectivity index (χ1) is 15.7. The van der Waals surface area contributed by atoms with E-state index in [0.29, 0.717) is 19.0 Å². The normalized spacial score (nSPS) is 15.9. The average Bonchev–Trinajstić information content (AvgIpc) is 2.77. The number of benzene rings is 1. The van der Waals surface area contributed by atoms with Crippen molar-refractivity contribution in [3.8, 4) is 5.75 Å². The highest BCUT2D eigenvalue weighted by Gasteiger charge is 2.18. The second-order valence-corrected chi connectivity index (χ2v) is 9.63. The number of sulfonamides is 1. The van der Waals surface area contributed by atoms with E-state index in [4.69, 9.17) is 14.2 Å². The number of H-pyrrole nitrogens is 1. The highest BCUT2D eigenvalue weighted by atomic mass is 32.2. The molecule has 1 atom stereocenters. The van der Waals surface area contributed by atoms with Gasteiger partial charge in [0.25, 0.3) is 5.56 Å². The van der Waals surface area contributed by atoms with E-state index in [1.165, 1.54) is 0 Å². The number of nitrogens with zero attached hydrogens (tertiary/aromatic N) is 1. The molecule has 182 valence electrons. The van der Waals surface area contributed by atoms with Crippen LogP contribution in [-0.4, -0.2) is 49.6 Å². The molecule has 1 aromatic carbocycles. The minimum Gasteiger partial charge on any atom is -0.490 e. The van der Waals surface area contributed by atoms with Crippen LogP contribution in [0.5, 0.6) is 5.75 Å². The van der Waals surface area contributed by atoms with E-state index in [9.17, 15) is 22.4 Å². The summed E-state index contributed by atoms with van der Waals surface area (Å²) in [4.78, 5) is 24.4. The summed E-state index contributed by atoms with van der Waals surface area (Å²) in [6.45, 7) is 2.80. The predicted octanol–water partition coefficient (Wildman–Crippen LogP) is 1.28. The summed E-state index contributed by atoms with van der Waals surface area (Å²) in [6, 6.07) is 6.86. The van der Waals surface area contributed by atoms with Gasteiger partial charge < -0.3 is 14.2 Å². The fourth-order valence-corrected chi connectivity index (χ4v) is 4.62. The fraction of sp³-hybridized carbons (Fsp3) is 0.524. The minimum atomic E-state index is -3.60. The number of aromatic amines is 1. The van der Waals surface area contributed by atoms with Crippen molar-refractivity contribution in [2.24, 2.45) is 0 Å². The summed E-state index contributed by atoms with van der Waals surface area (Å²) < 4.78 is 58.1. The Hall–Kier alpha value is -2.54. The summed E-state index contributed by atoms with van der Waals surface area (Å²) in [5, 5.41) is 0. The average molecular weight is 486 g/mol. The summed E-state index contributed by atoms with van der Waals surface area (Å²) in [7, 11) is -3.60. The topological polar surface area (TPSA) is 129 Å². The molecule has 2 aromatic rings. The van der Waals surface area contributed by atoms with Gasteiger partial charge >= 0.3 is 5.69 Å². The molecule has 1 fully saturated rings. The van der Waals surface area contributed by atoms with Crippen LogP contribution < -0.4 is 20.7 Å². The van der Waals surface area contributed by atoms with Gasteiger partial charge in [-0.05, 0) is 31.0 Å². The van der Waals surface area contributed by atoms with Crippen molar-refractivity contribution in [3.05, 3.63) is 62.7 Å². The molecular formula is C21H28FN3O7S. The minimum absolute atomic E-state index is 0.0247. The zero-order valence-electron chi connectivity index (χ0n) is 18.3. The Morgan fingerprint density at radius 2 is 2.06 bits per heavy atom. The molecule has 10 nitrogen and oxygen atoms in total. The predicted molar refractivity (Wildman–Crippen MR) is 118 cm³/mol. The molecule has 0 saturated carbocycles. The van der Waals surface area contributed by atoms with Gasteiger partial charge in [-0.3, -0.25) is 14.3 Å². The third-order valence-electron chi connectivity index (χ3n) is 5.09. The summed E-state index contributed by atoms with van der Waals surface area (Å²) in [5.74, 6) is -0.612. The smallest absolute Gasteiger partial charge is 0.330 e. The van der Waals surface area contributed by atoms with Crippen LogP contribution in [0.4, 0.5) is 4.39 Å². The number of rotatable bonds is 11. The standard InChI is InChI=1S/C21H28FN3O7S/c1-15(16-4-2-5-18(12-16)32-17-6-9-30-10-7-17)24-33(28,29)11-3-8-31-14-25-13-19(22)20(26)23-21(25)27/h2,4-5,12-13,15,17,24H,3,6-11,14H2,1H3,(H,23,26,27)/t15-/m1/s1. The van der Waals surface area contributed by atoms with Gasteiger partial charge in [-0.1, -0.05) is 12.1 Å². The van der Waals surface area contributed by atoms with Crippen molar-refractivity contribution in [1.29, 1.82) is 0 Å². The molecule has 12 heteroatoms. The molecule has 0 radical (unpaired) electrons. The first-order valence-electron chi connectivity index (χ1n) is 10.6. The van der Waals surface area contributed by atoms with Crippen molar-refractivity contribution in [1.82, 2.24) is 14.3 Å². The van der Waals surface area contributed by atoms with Gasteiger partial charge in [0.05, 0.1) is 25.2 Å². The van der Waals surface area contributed by atoms with Crippen LogP contribution in [0, 0.1) is 5.82 Å². The molecule has 33 heavy (non-hydrogen) atoms. The quantitative estimate of drug-likeness (QED) is 0.459. The maximum atomic E-state index is 13.2. The number of halogens is 1. The van der Waals surface area contributed by atoms with Gasteiger partial charge in [0.1, 0.15) is 18.6 Å². The summed E-state index contributed by atoms with van der Waals surface area (Å²) >= 11 is 0. The first kappa shape index (κ1) is 25.1. The zero-order chi connectivity index (χ0) is 23.8. The zero-order valence-corrected chi connectivity index (χ0v) is 19.1. The van der Waals surface area contributed by atoms with E-state index in [1.54, 1.807) is 6.92 Å². The van der Waals surface area contributed by atoms with E-state index in [2.05, 4.69) is 4.72 Å². The number of aromatic nitrogens is 2. The molecule has 0 bridgehead atoms. The van der Waals surface area contributed by atoms with Gasteiger partial charge in [0.2, 0.25) is 15.8 Å². The largest absolute Gasteiger partial charge is 0.490 e. The fourth-order valence-electron chi connectivity index (χ4n) is 3.33. The molecule has 1 aliphatic heterocycles. The Labute approximate surface area is 190 Å². The van der Waals surface area contributed by atoms with E-state index < -0.39 is 33.1 Å². The van der Waals surface area contributed by atoms with Crippen molar-refractivity contribution in [2.75, 3.05) is 25.6 Å². The molecule has 0 aliphatic carbocycles. The second-order valence-electron chi connectivity index (χ2n) is 7.76. The monoisotopic (exact) mass is 485 g/mol. The Morgan fingerprint density at radius 1 is 1.30 bits per heavy atom. The lowest BCUT2D eigenvalue weighted by Gasteiger charge is -2.24. The lowest BCUT2D eigenvalue weighted by Crippen LogP contribution is -2.32. The first-order valence-corrected chi connectivity index (χ1v) is 12.3. The van der Waals surface area contributed by atoms with Gasteiger partial charge in [-0.25, -0.2) is 17.9 Å². The van der Waals surface area contributed by atoms with E-state index in [0.717, 1.165) is 29.2 Å². The molecule has 0 amide bonds. The molecular weight excluding hydrogens is 457 g/mol. The van der Waals surface area contributed by atoms with E-state index in [1.807, 2.05) is 29.2 Å². The third-order valence-corrected chi connectivity index (χ3v) is 6.62. The number of hydrogen-bond donors (Lipinski definition) is 2. The number of nitrogens with one attached hydrogen (secondary N) is 2. The van der Waals surface area contributed by atoms with Crippen LogP contribution in [0.15, 0.2) is 40.1 Å². The van der Waals surface area contributed by atoms with E-state index in [-0.39, 0.29) is 31.6 Å². The van der Waals surface area contributed by atoms with Crippen molar-refractivity contribution in [3.63, 3.8) is 0 Å². The van der Waals surface area contributed by atoms with Crippen LogP contribution >= 0.6 is 0 Å². The Bertz CT molecular complexity index is 1140. The lowest BCUT2D eigenvalue weighted by atomic mass is 10.1. The second kappa shape index (κ2) is 11.5. The number of ether oxygens (including phenoxy) is 3.